The molecule has 6 heteroatoms. The predicted molar refractivity (Wildman–Crippen MR) is 105 cm³/mol. The van der Waals surface area contributed by atoms with Gasteiger partial charge in [0.1, 0.15) is 0 Å². The first-order valence-electron chi connectivity index (χ1n) is 7.84. The molecule has 3 rings (SSSR count). The van der Waals surface area contributed by atoms with Gasteiger partial charge >= 0.3 is 0 Å². The summed E-state index contributed by atoms with van der Waals surface area (Å²) in [7, 11) is 1.90. The van der Waals surface area contributed by atoms with Crippen LogP contribution in [0.2, 0.25) is 0 Å². The Balaban J connectivity index is 2.02. The molecule has 0 aliphatic rings. The molecule has 1 aromatic heterocycles. The maximum Gasteiger partial charge on any atom is 0.0845 e. The minimum Gasteiger partial charge on any atom is -0.395 e. The van der Waals surface area contributed by atoms with Crippen molar-refractivity contribution in [2.45, 2.75) is 12.6 Å². The minimum atomic E-state index is -0.507. The molecule has 24 heavy (non-hydrogen) atoms. The molecule has 0 aliphatic heterocycles. The number of rotatable bonds is 6. The number of aromatic nitrogens is 1. The molecule has 2 N–H and O–H groups in total. The van der Waals surface area contributed by atoms with Crippen molar-refractivity contribution in [2.24, 2.45) is 0 Å². The zero-order valence-electron chi connectivity index (χ0n) is 13.4. The van der Waals surface area contributed by atoms with Gasteiger partial charge in [-0.25, -0.2) is 0 Å². The molecule has 0 saturated carbocycles. The summed E-state index contributed by atoms with van der Waals surface area (Å²) in [5, 5.41) is 21.8. The van der Waals surface area contributed by atoms with Gasteiger partial charge in [-0.3, -0.25) is 0 Å². The smallest absolute Gasteiger partial charge is 0.0845 e. The number of likely N-dealkylation sites (N-methyl/N-ethyl adjacent to an activating group) is 1. The molecule has 0 bridgehead atoms. The van der Waals surface area contributed by atoms with Gasteiger partial charge in [0.15, 0.2) is 0 Å². The van der Waals surface area contributed by atoms with Crippen LogP contribution in [-0.2, 0) is 6.54 Å². The van der Waals surface area contributed by atoms with Crippen molar-refractivity contribution in [1.29, 1.82) is 0 Å². The van der Waals surface area contributed by atoms with E-state index in [-0.39, 0.29) is 6.61 Å². The molecule has 0 unspecified atom stereocenters. The quantitative estimate of drug-likeness (QED) is 0.596. The second kappa shape index (κ2) is 7.54. The standard InChI is InChI=1S/C18H20Br2N2O2/c1-21(6-7-23)10-14(24)11-22-17-4-2-12(19)8-15(17)16-9-13(20)3-5-18(16)22/h2-5,8-9,14,23-24H,6-7,10-11H2,1H3/t14-/m0/s1. The highest BCUT2D eigenvalue weighted by atomic mass is 79.9. The lowest BCUT2D eigenvalue weighted by Crippen LogP contribution is -2.33. The monoisotopic (exact) mass is 454 g/mol. The van der Waals surface area contributed by atoms with E-state index in [1.165, 1.54) is 0 Å². The summed E-state index contributed by atoms with van der Waals surface area (Å²) in [6, 6.07) is 12.4. The summed E-state index contributed by atoms with van der Waals surface area (Å²) in [5.74, 6) is 0. The Labute approximate surface area is 157 Å². The van der Waals surface area contributed by atoms with E-state index >= 15 is 0 Å². The number of halogens is 2. The first kappa shape index (κ1) is 17.9. The van der Waals surface area contributed by atoms with Crippen molar-refractivity contribution < 1.29 is 10.2 Å². The van der Waals surface area contributed by atoms with E-state index in [9.17, 15) is 5.11 Å². The van der Waals surface area contributed by atoms with Crippen LogP contribution in [0.25, 0.3) is 21.8 Å². The maximum atomic E-state index is 10.5. The van der Waals surface area contributed by atoms with Gasteiger partial charge in [-0.05, 0) is 43.4 Å². The van der Waals surface area contributed by atoms with E-state index in [2.05, 4.69) is 60.7 Å². The summed E-state index contributed by atoms with van der Waals surface area (Å²) in [6.45, 7) is 1.69. The third-order valence-corrected chi connectivity index (χ3v) is 5.17. The third-order valence-electron chi connectivity index (χ3n) is 4.19. The van der Waals surface area contributed by atoms with Crippen LogP contribution in [0, 0.1) is 0 Å². The normalized spacial score (nSPS) is 13.2. The van der Waals surface area contributed by atoms with Crippen LogP contribution in [0.3, 0.4) is 0 Å². The Kier molecular flexibility index (Phi) is 5.62. The van der Waals surface area contributed by atoms with Crippen LogP contribution in [0.15, 0.2) is 45.3 Å². The van der Waals surface area contributed by atoms with Gasteiger partial charge in [-0.1, -0.05) is 31.9 Å². The van der Waals surface area contributed by atoms with Crippen molar-refractivity contribution in [3.63, 3.8) is 0 Å². The summed E-state index contributed by atoms with van der Waals surface area (Å²) in [4.78, 5) is 1.94. The van der Waals surface area contributed by atoms with Gasteiger partial charge in [0, 0.05) is 43.8 Å². The highest BCUT2D eigenvalue weighted by Gasteiger charge is 2.15. The second-order valence-corrected chi connectivity index (χ2v) is 7.90. The Morgan fingerprint density at radius 1 is 1.04 bits per heavy atom. The Morgan fingerprint density at radius 3 is 2.08 bits per heavy atom. The van der Waals surface area contributed by atoms with Gasteiger partial charge in [0.05, 0.1) is 19.3 Å². The molecule has 1 atom stereocenters. The first-order valence-corrected chi connectivity index (χ1v) is 9.42. The van der Waals surface area contributed by atoms with E-state index in [0.29, 0.717) is 19.6 Å². The number of fused-ring (bicyclic) bond motifs is 3. The van der Waals surface area contributed by atoms with Gasteiger partial charge < -0.3 is 19.7 Å². The van der Waals surface area contributed by atoms with Crippen LogP contribution in [0.1, 0.15) is 0 Å². The van der Waals surface area contributed by atoms with Crippen molar-refractivity contribution >= 4 is 53.7 Å². The van der Waals surface area contributed by atoms with Crippen LogP contribution in [0.4, 0.5) is 0 Å². The Morgan fingerprint density at radius 2 is 1.58 bits per heavy atom. The van der Waals surface area contributed by atoms with E-state index in [0.717, 1.165) is 30.8 Å². The fraction of sp³-hybridized carbons (Fsp3) is 0.333. The number of nitrogens with zero attached hydrogens (tertiary/aromatic N) is 2. The lowest BCUT2D eigenvalue weighted by molar-refractivity contribution is 0.102. The average molecular weight is 456 g/mol. The fourth-order valence-electron chi connectivity index (χ4n) is 3.14. The average Bonchev–Trinajstić information content (AvgIpc) is 2.80. The lowest BCUT2D eigenvalue weighted by atomic mass is 10.2. The van der Waals surface area contributed by atoms with E-state index in [1.54, 1.807) is 0 Å². The van der Waals surface area contributed by atoms with Crippen LogP contribution in [0.5, 0.6) is 0 Å². The molecule has 0 radical (unpaired) electrons. The van der Waals surface area contributed by atoms with E-state index in [4.69, 9.17) is 5.11 Å². The summed E-state index contributed by atoms with van der Waals surface area (Å²) in [5.41, 5.74) is 2.21. The zero-order chi connectivity index (χ0) is 17.3. The molecule has 0 saturated heterocycles. The number of benzene rings is 2. The molecule has 0 fully saturated rings. The topological polar surface area (TPSA) is 48.6 Å². The zero-order valence-corrected chi connectivity index (χ0v) is 16.6. The van der Waals surface area contributed by atoms with Crippen molar-refractivity contribution in [2.75, 3.05) is 26.7 Å². The van der Waals surface area contributed by atoms with E-state index in [1.807, 2.05) is 24.1 Å². The van der Waals surface area contributed by atoms with Gasteiger partial charge in [-0.2, -0.15) is 0 Å². The summed E-state index contributed by atoms with van der Waals surface area (Å²) < 4.78 is 4.25. The minimum absolute atomic E-state index is 0.0979. The van der Waals surface area contributed by atoms with Gasteiger partial charge in [-0.15, -0.1) is 0 Å². The second-order valence-electron chi connectivity index (χ2n) is 6.07. The molecule has 2 aromatic carbocycles. The molecule has 0 amide bonds. The first-order chi connectivity index (χ1) is 11.5. The fourth-order valence-corrected chi connectivity index (χ4v) is 3.86. The molecular formula is C18H20Br2N2O2. The molecule has 4 nitrogen and oxygen atoms in total. The number of hydrogen-bond donors (Lipinski definition) is 2. The lowest BCUT2D eigenvalue weighted by Gasteiger charge is -2.20. The number of aliphatic hydroxyl groups is 2. The highest BCUT2D eigenvalue weighted by molar-refractivity contribution is 9.10. The largest absolute Gasteiger partial charge is 0.395 e. The van der Waals surface area contributed by atoms with E-state index < -0.39 is 6.10 Å². The highest BCUT2D eigenvalue weighted by Crippen LogP contribution is 2.33. The molecule has 3 aromatic rings. The van der Waals surface area contributed by atoms with Crippen molar-refractivity contribution in [3.8, 4) is 0 Å². The molecular weight excluding hydrogens is 436 g/mol. The number of hydrogen-bond acceptors (Lipinski definition) is 3. The maximum absolute atomic E-state index is 10.5. The van der Waals surface area contributed by atoms with Crippen molar-refractivity contribution in [3.05, 3.63) is 45.3 Å². The Bertz CT molecular complexity index is 804. The molecule has 128 valence electrons. The molecule has 0 aliphatic carbocycles. The molecule has 1 heterocycles. The van der Waals surface area contributed by atoms with Gasteiger partial charge in [0.25, 0.3) is 0 Å². The van der Waals surface area contributed by atoms with Crippen molar-refractivity contribution in [1.82, 2.24) is 9.47 Å². The number of aliphatic hydroxyl groups excluding tert-OH is 2. The molecule has 0 spiro atoms. The third kappa shape index (κ3) is 3.68. The Hall–Kier alpha value is -0.920. The summed E-state index contributed by atoms with van der Waals surface area (Å²) in [6.07, 6.45) is -0.507. The predicted octanol–water partition coefficient (Wildman–Crippen LogP) is 3.60. The van der Waals surface area contributed by atoms with Gasteiger partial charge in [0.2, 0.25) is 0 Å². The van der Waals surface area contributed by atoms with Crippen LogP contribution >= 0.6 is 31.9 Å². The van der Waals surface area contributed by atoms with Crippen LogP contribution < -0.4 is 0 Å². The SMILES string of the molecule is CN(CCO)C[C@H](O)Cn1c2ccc(Br)cc2c2cc(Br)ccc21. The van der Waals surface area contributed by atoms with Crippen LogP contribution in [-0.4, -0.2) is 52.5 Å². The summed E-state index contributed by atoms with van der Waals surface area (Å²) >= 11 is 7.09.